The van der Waals surface area contributed by atoms with Gasteiger partial charge < -0.3 is 11.1 Å². The molecule has 3 N–H and O–H groups in total. The first-order chi connectivity index (χ1) is 12.8. The summed E-state index contributed by atoms with van der Waals surface area (Å²) in [4.78, 5) is 13.2. The largest absolute Gasteiger partial charge is 0.397 e. The van der Waals surface area contributed by atoms with Crippen molar-refractivity contribution in [3.05, 3.63) is 70.7 Å². The Balaban J connectivity index is 2.26. The summed E-state index contributed by atoms with van der Waals surface area (Å²) in [5, 5.41) is 3.14. The minimum Gasteiger partial charge on any atom is -0.397 e. The summed E-state index contributed by atoms with van der Waals surface area (Å²) in [6.45, 7) is 4.04. The Hall–Kier alpha value is -2.73. The van der Waals surface area contributed by atoms with Crippen molar-refractivity contribution < 1.29 is 13.6 Å². The van der Waals surface area contributed by atoms with Gasteiger partial charge in [-0.3, -0.25) is 9.69 Å². The van der Waals surface area contributed by atoms with Crippen LogP contribution in [0.2, 0.25) is 0 Å². The van der Waals surface area contributed by atoms with Crippen molar-refractivity contribution in [3.63, 3.8) is 0 Å². The molecule has 27 heavy (non-hydrogen) atoms. The Morgan fingerprint density at radius 3 is 2.52 bits per heavy atom. The van der Waals surface area contributed by atoms with Gasteiger partial charge in [-0.15, -0.1) is 0 Å². The summed E-state index contributed by atoms with van der Waals surface area (Å²) in [6.07, 6.45) is -0.167. The number of alkyl halides is 1. The predicted molar refractivity (Wildman–Crippen MR) is 106 cm³/mol. The fraction of sp³-hybridized carbons (Fsp3) is 0.286. The Labute approximate surface area is 158 Å². The van der Waals surface area contributed by atoms with Crippen LogP contribution < -0.4 is 11.1 Å². The second kappa shape index (κ2) is 9.28. The van der Waals surface area contributed by atoms with E-state index in [4.69, 9.17) is 5.73 Å². The van der Waals surface area contributed by atoms with Crippen LogP contribution in [0.15, 0.2) is 48.2 Å². The van der Waals surface area contributed by atoms with E-state index in [0.29, 0.717) is 23.5 Å². The standard InChI is InChI=1S/C21H25F2N3O/c1-14(22)11-26(3)12-18-10-16(4-5-17(18)13-27)21(24)15(2)25-20-8-6-19(23)7-9-20/h4-10,13-14,25H,11-12,24H2,1-3H3/b21-15-. The van der Waals surface area contributed by atoms with Gasteiger partial charge in [0, 0.05) is 30.0 Å². The van der Waals surface area contributed by atoms with Gasteiger partial charge in [0.15, 0.2) is 0 Å². The molecule has 0 aromatic heterocycles. The van der Waals surface area contributed by atoms with Gasteiger partial charge in [0.25, 0.3) is 0 Å². The van der Waals surface area contributed by atoms with E-state index in [1.807, 2.05) is 17.9 Å². The molecule has 0 heterocycles. The minimum atomic E-state index is -0.954. The van der Waals surface area contributed by atoms with Crippen molar-refractivity contribution in [2.75, 3.05) is 18.9 Å². The number of carbonyl (C=O) groups is 1. The molecule has 6 heteroatoms. The van der Waals surface area contributed by atoms with Gasteiger partial charge in [-0.25, -0.2) is 8.78 Å². The maximum absolute atomic E-state index is 13.2. The van der Waals surface area contributed by atoms with Crippen LogP contribution in [0.1, 0.15) is 35.3 Å². The van der Waals surface area contributed by atoms with E-state index in [-0.39, 0.29) is 12.4 Å². The van der Waals surface area contributed by atoms with Crippen LogP contribution in [0.25, 0.3) is 5.70 Å². The first kappa shape index (κ1) is 20.6. The fourth-order valence-corrected chi connectivity index (χ4v) is 2.84. The molecule has 0 amide bonds. The molecule has 2 aromatic rings. The molecule has 2 aromatic carbocycles. The molecule has 2 rings (SSSR count). The quantitative estimate of drug-likeness (QED) is 0.682. The van der Waals surface area contributed by atoms with E-state index in [1.165, 1.54) is 19.1 Å². The van der Waals surface area contributed by atoms with Crippen LogP contribution >= 0.6 is 0 Å². The topological polar surface area (TPSA) is 58.4 Å². The number of nitrogens with zero attached hydrogens (tertiary/aromatic N) is 1. The summed E-state index contributed by atoms with van der Waals surface area (Å²) >= 11 is 0. The van der Waals surface area contributed by atoms with E-state index >= 15 is 0 Å². The first-order valence-electron chi connectivity index (χ1n) is 8.70. The van der Waals surface area contributed by atoms with Crippen LogP contribution in [-0.2, 0) is 6.54 Å². The van der Waals surface area contributed by atoms with Crippen molar-refractivity contribution in [1.82, 2.24) is 4.90 Å². The van der Waals surface area contributed by atoms with Gasteiger partial charge in [0.1, 0.15) is 18.3 Å². The van der Waals surface area contributed by atoms with Crippen molar-refractivity contribution in [1.29, 1.82) is 0 Å². The smallest absolute Gasteiger partial charge is 0.150 e. The molecule has 0 aliphatic carbocycles. The maximum atomic E-state index is 13.2. The highest BCUT2D eigenvalue weighted by Crippen LogP contribution is 2.20. The average Bonchev–Trinajstić information content (AvgIpc) is 2.62. The third kappa shape index (κ3) is 5.89. The van der Waals surface area contributed by atoms with E-state index in [9.17, 15) is 13.6 Å². The van der Waals surface area contributed by atoms with Gasteiger partial charge in [-0.2, -0.15) is 0 Å². The van der Waals surface area contributed by atoms with E-state index in [1.54, 1.807) is 31.3 Å². The zero-order valence-corrected chi connectivity index (χ0v) is 15.8. The average molecular weight is 373 g/mol. The number of benzene rings is 2. The number of carbonyl (C=O) groups excluding carboxylic acids is 1. The highest BCUT2D eigenvalue weighted by molar-refractivity contribution is 5.79. The zero-order valence-electron chi connectivity index (χ0n) is 15.8. The summed E-state index contributed by atoms with van der Waals surface area (Å²) in [7, 11) is 1.80. The van der Waals surface area contributed by atoms with Crippen molar-refractivity contribution in [2.24, 2.45) is 5.73 Å². The highest BCUT2D eigenvalue weighted by atomic mass is 19.1. The highest BCUT2D eigenvalue weighted by Gasteiger charge is 2.11. The summed E-state index contributed by atoms with van der Waals surface area (Å²) in [6, 6.07) is 11.3. The second-order valence-electron chi connectivity index (χ2n) is 6.68. The fourth-order valence-electron chi connectivity index (χ4n) is 2.84. The predicted octanol–water partition coefficient (Wildman–Crippen LogP) is 4.19. The summed E-state index contributed by atoms with van der Waals surface area (Å²) in [5.74, 6) is -0.309. The molecule has 0 saturated heterocycles. The van der Waals surface area contributed by atoms with E-state index in [0.717, 1.165) is 23.1 Å². The van der Waals surface area contributed by atoms with Gasteiger partial charge in [-0.1, -0.05) is 12.1 Å². The number of aldehydes is 1. The monoisotopic (exact) mass is 373 g/mol. The molecule has 144 valence electrons. The van der Waals surface area contributed by atoms with Crippen LogP contribution in [-0.4, -0.2) is 31.0 Å². The SMILES string of the molecule is C/C(Nc1ccc(F)cc1)=C(/N)c1ccc(C=O)c(CN(C)CC(C)F)c1. The molecule has 0 fully saturated rings. The van der Waals surface area contributed by atoms with Crippen molar-refractivity contribution >= 4 is 17.7 Å². The lowest BCUT2D eigenvalue weighted by Gasteiger charge is -2.19. The van der Waals surface area contributed by atoms with E-state index in [2.05, 4.69) is 5.32 Å². The molecule has 0 saturated carbocycles. The lowest BCUT2D eigenvalue weighted by molar-refractivity contribution is 0.112. The summed E-state index contributed by atoms with van der Waals surface area (Å²) in [5.41, 5.74) is 10.3. The summed E-state index contributed by atoms with van der Waals surface area (Å²) < 4.78 is 26.2. The molecule has 4 nitrogen and oxygen atoms in total. The third-order valence-electron chi connectivity index (χ3n) is 4.16. The molecule has 0 bridgehead atoms. The zero-order chi connectivity index (χ0) is 20.0. The normalized spacial score (nSPS) is 13.3. The van der Waals surface area contributed by atoms with Crippen LogP contribution in [0.5, 0.6) is 0 Å². The molecule has 0 aliphatic rings. The molecular weight excluding hydrogens is 348 g/mol. The molecule has 1 unspecified atom stereocenters. The number of nitrogens with one attached hydrogen (secondary N) is 1. The molecule has 0 aliphatic heterocycles. The molecule has 1 atom stereocenters. The van der Waals surface area contributed by atoms with Crippen LogP contribution in [0.4, 0.5) is 14.5 Å². The van der Waals surface area contributed by atoms with Gasteiger partial charge >= 0.3 is 0 Å². The lowest BCUT2D eigenvalue weighted by Crippen LogP contribution is -2.25. The first-order valence-corrected chi connectivity index (χ1v) is 8.70. The Kier molecular flexibility index (Phi) is 7.07. The van der Waals surface area contributed by atoms with Gasteiger partial charge in [0.2, 0.25) is 0 Å². The maximum Gasteiger partial charge on any atom is 0.150 e. The Morgan fingerprint density at radius 2 is 1.93 bits per heavy atom. The van der Waals surface area contributed by atoms with Crippen LogP contribution in [0, 0.1) is 5.82 Å². The lowest BCUT2D eigenvalue weighted by atomic mass is 10.0. The van der Waals surface area contributed by atoms with Gasteiger partial charge in [0.05, 0.1) is 5.70 Å². The van der Waals surface area contributed by atoms with Crippen molar-refractivity contribution in [2.45, 2.75) is 26.6 Å². The Morgan fingerprint density at radius 1 is 1.26 bits per heavy atom. The number of nitrogens with two attached hydrogens (primary N) is 1. The molecular formula is C21H25F2N3O. The molecule has 0 radical (unpaired) electrons. The number of halogens is 2. The number of rotatable bonds is 8. The molecule has 0 spiro atoms. The minimum absolute atomic E-state index is 0.277. The van der Waals surface area contributed by atoms with Crippen LogP contribution in [0.3, 0.4) is 0 Å². The van der Waals surface area contributed by atoms with Gasteiger partial charge in [-0.05, 0) is 62.4 Å². The van der Waals surface area contributed by atoms with E-state index < -0.39 is 6.17 Å². The third-order valence-corrected chi connectivity index (χ3v) is 4.16. The Bertz CT molecular complexity index is 817. The number of hydrogen-bond donors (Lipinski definition) is 2. The number of anilines is 1. The van der Waals surface area contributed by atoms with Crippen molar-refractivity contribution in [3.8, 4) is 0 Å². The number of hydrogen-bond acceptors (Lipinski definition) is 4. The second-order valence-corrected chi connectivity index (χ2v) is 6.68. The number of allylic oxidation sites excluding steroid dienone is 1.